The molecule has 0 spiro atoms. The van der Waals surface area contributed by atoms with Crippen LogP contribution < -0.4 is 0 Å². The molecule has 12 atom stereocenters. The van der Waals surface area contributed by atoms with E-state index in [1.807, 2.05) is 0 Å². The van der Waals surface area contributed by atoms with E-state index in [-0.39, 0.29) is 23.5 Å². The minimum atomic E-state index is -0.640. The summed E-state index contributed by atoms with van der Waals surface area (Å²) in [4.78, 5) is 0. The minimum absolute atomic E-state index is 0.0235. The second kappa shape index (κ2) is 5.30. The average Bonchev–Trinajstić information content (AvgIpc) is 3.52. The highest BCUT2D eigenvalue weighted by Gasteiger charge is 2.78. The predicted octanol–water partition coefficient (Wildman–Crippen LogP) is 2.59. The van der Waals surface area contributed by atoms with Gasteiger partial charge in [0, 0.05) is 6.42 Å². The van der Waals surface area contributed by atoms with Crippen molar-refractivity contribution in [1.29, 1.82) is 0 Å². The minimum Gasteiger partial charge on any atom is -0.394 e. The number of hydrogen-bond donors (Lipinski definition) is 3. The molecule has 0 bridgehead atoms. The lowest BCUT2D eigenvalue weighted by molar-refractivity contribution is -0.231. The lowest BCUT2D eigenvalue weighted by Crippen LogP contribution is -2.64. The summed E-state index contributed by atoms with van der Waals surface area (Å²) in [6.45, 7) is 5.45. The van der Waals surface area contributed by atoms with Gasteiger partial charge in [0.1, 0.15) is 0 Å². The number of aliphatic hydroxyl groups is 3. The van der Waals surface area contributed by atoms with E-state index in [1.54, 1.807) is 0 Å². The second-order valence-electron chi connectivity index (χ2n) is 11.6. The highest BCUT2D eigenvalue weighted by Crippen LogP contribution is 2.80. The largest absolute Gasteiger partial charge is 0.394 e. The fourth-order valence-electron chi connectivity index (χ4n) is 9.56. The van der Waals surface area contributed by atoms with Gasteiger partial charge < -0.3 is 20.1 Å². The van der Waals surface area contributed by atoms with Gasteiger partial charge in [-0.05, 0) is 90.8 Å². The van der Waals surface area contributed by atoms with Crippen LogP contribution in [-0.4, -0.2) is 46.3 Å². The van der Waals surface area contributed by atoms with Crippen molar-refractivity contribution in [1.82, 2.24) is 0 Å². The molecule has 0 aromatic heterocycles. The van der Waals surface area contributed by atoms with Gasteiger partial charge in [0.05, 0.1) is 31.0 Å². The van der Waals surface area contributed by atoms with E-state index in [1.165, 1.54) is 25.7 Å². The molecular weight excluding hydrogens is 340 g/mol. The summed E-state index contributed by atoms with van der Waals surface area (Å²) in [5.41, 5.74) is -0.403. The lowest BCUT2D eigenvalue weighted by Gasteiger charge is -2.64. The summed E-state index contributed by atoms with van der Waals surface area (Å²) in [7, 11) is 0. The summed E-state index contributed by atoms with van der Waals surface area (Å²) >= 11 is 0. The zero-order chi connectivity index (χ0) is 18.8. The van der Waals surface area contributed by atoms with Crippen molar-refractivity contribution in [3.8, 4) is 0 Å². The quantitative estimate of drug-likeness (QED) is 0.708. The second-order valence-corrected chi connectivity index (χ2v) is 11.6. The molecule has 6 rings (SSSR count). The van der Waals surface area contributed by atoms with E-state index >= 15 is 0 Å². The monoisotopic (exact) mass is 376 g/mol. The van der Waals surface area contributed by atoms with E-state index in [9.17, 15) is 15.3 Å². The zero-order valence-corrected chi connectivity index (χ0v) is 16.8. The molecule has 0 heterocycles. The van der Waals surface area contributed by atoms with Crippen LogP contribution in [0.3, 0.4) is 0 Å². The Hall–Kier alpha value is -0.160. The van der Waals surface area contributed by atoms with E-state index in [4.69, 9.17) is 4.74 Å². The smallest absolute Gasteiger partial charge is 0.0759 e. The summed E-state index contributed by atoms with van der Waals surface area (Å²) < 4.78 is 6.24. The van der Waals surface area contributed by atoms with Gasteiger partial charge in [-0.1, -0.05) is 13.8 Å². The molecule has 4 heteroatoms. The van der Waals surface area contributed by atoms with Crippen molar-refractivity contribution >= 4 is 0 Å². The van der Waals surface area contributed by atoms with Crippen LogP contribution >= 0.6 is 0 Å². The maximum atomic E-state index is 11.8. The normalized spacial score (nSPS) is 65.4. The molecule has 0 radical (unpaired) electrons. The molecule has 152 valence electrons. The molecule has 6 aliphatic carbocycles. The highest BCUT2D eigenvalue weighted by molar-refractivity contribution is 5.27. The Morgan fingerprint density at radius 1 is 1.00 bits per heavy atom. The number of fused-ring (bicyclic) bond motifs is 10. The van der Waals surface area contributed by atoms with Gasteiger partial charge in [-0.15, -0.1) is 0 Å². The van der Waals surface area contributed by atoms with Crippen molar-refractivity contribution < 1.29 is 20.1 Å². The van der Waals surface area contributed by atoms with Gasteiger partial charge in [0.15, 0.2) is 0 Å². The highest BCUT2D eigenvalue weighted by atomic mass is 16.5. The molecule has 27 heavy (non-hydrogen) atoms. The Labute approximate surface area is 162 Å². The van der Waals surface area contributed by atoms with Gasteiger partial charge in [0.2, 0.25) is 0 Å². The predicted molar refractivity (Wildman–Crippen MR) is 101 cm³/mol. The summed E-state index contributed by atoms with van der Waals surface area (Å²) in [6.07, 6.45) is 7.35. The number of aliphatic hydroxyl groups excluding tert-OH is 2. The first kappa shape index (κ1) is 17.7. The van der Waals surface area contributed by atoms with Crippen LogP contribution in [0.15, 0.2) is 0 Å². The van der Waals surface area contributed by atoms with E-state index < -0.39 is 5.60 Å². The zero-order valence-electron chi connectivity index (χ0n) is 16.8. The maximum absolute atomic E-state index is 11.8. The number of hydrogen-bond acceptors (Lipinski definition) is 4. The first-order valence-corrected chi connectivity index (χ1v) is 11.5. The molecule has 0 aromatic carbocycles. The Morgan fingerprint density at radius 3 is 2.59 bits per heavy atom. The third-order valence-electron chi connectivity index (χ3n) is 10.7. The summed E-state index contributed by atoms with van der Waals surface area (Å²) in [5, 5.41) is 31.4. The molecule has 6 saturated carbocycles. The standard InChI is InChI=1S/C23H36O4/c1-21-5-4-16-18(19(21)13-9-14(13)20(21)27-8-7-24)15-10-17(15)23(26)11-12(25)3-6-22(16,23)2/h12-20,24-26H,3-11H2,1-2H3. The topological polar surface area (TPSA) is 69.9 Å². The van der Waals surface area contributed by atoms with Crippen molar-refractivity contribution in [3.05, 3.63) is 0 Å². The van der Waals surface area contributed by atoms with Crippen LogP contribution in [0.4, 0.5) is 0 Å². The van der Waals surface area contributed by atoms with E-state index in [2.05, 4.69) is 13.8 Å². The van der Waals surface area contributed by atoms with Crippen molar-refractivity contribution in [2.75, 3.05) is 13.2 Å². The number of ether oxygens (including phenoxy) is 1. The van der Waals surface area contributed by atoms with Crippen LogP contribution in [0.25, 0.3) is 0 Å². The van der Waals surface area contributed by atoms with Gasteiger partial charge in [-0.2, -0.15) is 0 Å². The summed E-state index contributed by atoms with van der Waals surface area (Å²) in [5.74, 6) is 4.70. The van der Waals surface area contributed by atoms with Crippen LogP contribution in [0, 0.1) is 52.3 Å². The Balaban J connectivity index is 1.36. The van der Waals surface area contributed by atoms with Gasteiger partial charge in [-0.3, -0.25) is 0 Å². The van der Waals surface area contributed by atoms with Crippen molar-refractivity contribution in [2.24, 2.45) is 52.3 Å². The maximum Gasteiger partial charge on any atom is 0.0759 e. The molecule has 3 N–H and O–H groups in total. The SMILES string of the molecule is CC12CCC3C(C4CC4C4(O)CC(O)CCC34C)C1C1CC1C2OCCO. The van der Waals surface area contributed by atoms with Crippen LogP contribution in [0.1, 0.15) is 58.8 Å². The Kier molecular flexibility index (Phi) is 3.47. The average molecular weight is 377 g/mol. The molecule has 12 unspecified atom stereocenters. The first-order valence-electron chi connectivity index (χ1n) is 11.5. The molecule has 6 aliphatic rings. The molecule has 4 nitrogen and oxygen atoms in total. The number of rotatable bonds is 3. The molecule has 6 fully saturated rings. The molecule has 0 saturated heterocycles. The fraction of sp³-hybridized carbons (Fsp3) is 1.00. The molecule has 0 aliphatic heterocycles. The lowest BCUT2D eigenvalue weighted by atomic mass is 9.43. The van der Waals surface area contributed by atoms with E-state index in [0.29, 0.717) is 42.8 Å². The molecule has 0 amide bonds. The molecule has 0 aromatic rings. The summed E-state index contributed by atoms with van der Waals surface area (Å²) in [6, 6.07) is 0. The third kappa shape index (κ3) is 1.99. The van der Waals surface area contributed by atoms with Gasteiger partial charge in [0.25, 0.3) is 0 Å². The first-order chi connectivity index (χ1) is 12.8. The Bertz CT molecular complexity index is 652. The van der Waals surface area contributed by atoms with Crippen LogP contribution in [0.2, 0.25) is 0 Å². The van der Waals surface area contributed by atoms with Crippen molar-refractivity contribution in [3.63, 3.8) is 0 Å². The fourth-order valence-corrected chi connectivity index (χ4v) is 9.56. The third-order valence-corrected chi connectivity index (χ3v) is 10.7. The Morgan fingerprint density at radius 2 is 1.81 bits per heavy atom. The van der Waals surface area contributed by atoms with Gasteiger partial charge in [-0.25, -0.2) is 0 Å². The van der Waals surface area contributed by atoms with Gasteiger partial charge >= 0.3 is 0 Å². The van der Waals surface area contributed by atoms with E-state index in [0.717, 1.165) is 30.6 Å². The van der Waals surface area contributed by atoms with Crippen LogP contribution in [0.5, 0.6) is 0 Å². The van der Waals surface area contributed by atoms with Crippen molar-refractivity contribution in [2.45, 2.75) is 76.6 Å². The molecular formula is C23H36O4. The van der Waals surface area contributed by atoms with Crippen LogP contribution in [-0.2, 0) is 4.74 Å².